The molecule has 1 amide bonds. The average molecular weight is 365 g/mol. The number of piperidine rings is 1. The lowest BCUT2D eigenvalue weighted by Gasteiger charge is -2.32. The molecule has 4 rings (SSSR count). The third kappa shape index (κ3) is 3.63. The van der Waals surface area contributed by atoms with E-state index in [9.17, 15) is 4.79 Å². The highest BCUT2D eigenvalue weighted by Crippen LogP contribution is 2.28. The maximum atomic E-state index is 12.9. The number of carbonyl (C=O) groups is 1. The molecule has 0 spiro atoms. The number of aromatic nitrogens is 4. The van der Waals surface area contributed by atoms with Crippen molar-refractivity contribution in [2.75, 3.05) is 13.1 Å². The SMILES string of the molecule is Cc1nc(C)c(C(=O)N2CCC[C@H](c3nccn3Cc3ccncc3)C2)o1. The van der Waals surface area contributed by atoms with Crippen LogP contribution in [0.3, 0.4) is 0 Å². The van der Waals surface area contributed by atoms with Gasteiger partial charge < -0.3 is 13.9 Å². The monoisotopic (exact) mass is 365 g/mol. The molecule has 0 aliphatic carbocycles. The van der Waals surface area contributed by atoms with Crippen molar-refractivity contribution in [1.29, 1.82) is 0 Å². The van der Waals surface area contributed by atoms with Gasteiger partial charge in [-0.2, -0.15) is 0 Å². The molecule has 0 radical (unpaired) electrons. The first-order valence-electron chi connectivity index (χ1n) is 9.25. The Morgan fingerprint density at radius 1 is 1.26 bits per heavy atom. The van der Waals surface area contributed by atoms with Crippen molar-refractivity contribution < 1.29 is 9.21 Å². The molecule has 7 heteroatoms. The summed E-state index contributed by atoms with van der Waals surface area (Å²) in [6.45, 7) is 5.71. The Hall–Kier alpha value is -2.96. The van der Waals surface area contributed by atoms with Crippen LogP contribution in [0.25, 0.3) is 0 Å². The van der Waals surface area contributed by atoms with Crippen molar-refractivity contribution >= 4 is 5.91 Å². The summed E-state index contributed by atoms with van der Waals surface area (Å²) in [4.78, 5) is 27.6. The van der Waals surface area contributed by atoms with Crippen LogP contribution in [0.1, 0.15) is 52.3 Å². The van der Waals surface area contributed by atoms with Crippen molar-refractivity contribution in [2.45, 2.75) is 39.2 Å². The first-order valence-corrected chi connectivity index (χ1v) is 9.25. The Balaban J connectivity index is 1.51. The maximum absolute atomic E-state index is 12.9. The quantitative estimate of drug-likeness (QED) is 0.710. The van der Waals surface area contributed by atoms with E-state index in [1.165, 1.54) is 5.56 Å². The van der Waals surface area contributed by atoms with Gasteiger partial charge in [0.15, 0.2) is 5.89 Å². The molecule has 0 unspecified atom stereocenters. The van der Waals surface area contributed by atoms with Gasteiger partial charge >= 0.3 is 0 Å². The maximum Gasteiger partial charge on any atom is 0.291 e. The molecule has 0 saturated carbocycles. The molecule has 1 saturated heterocycles. The van der Waals surface area contributed by atoms with Gasteiger partial charge in [0.25, 0.3) is 5.91 Å². The summed E-state index contributed by atoms with van der Waals surface area (Å²) in [5.41, 5.74) is 1.83. The second-order valence-corrected chi connectivity index (χ2v) is 7.01. The highest BCUT2D eigenvalue weighted by Gasteiger charge is 2.30. The summed E-state index contributed by atoms with van der Waals surface area (Å²) >= 11 is 0. The van der Waals surface area contributed by atoms with E-state index in [0.717, 1.165) is 31.8 Å². The van der Waals surface area contributed by atoms with Gasteiger partial charge in [0.05, 0.1) is 5.69 Å². The molecule has 27 heavy (non-hydrogen) atoms. The minimum absolute atomic E-state index is 0.0787. The van der Waals surface area contributed by atoms with Gasteiger partial charge in [-0.05, 0) is 37.5 Å². The van der Waals surface area contributed by atoms with E-state index in [1.807, 2.05) is 36.4 Å². The minimum atomic E-state index is -0.0787. The number of oxazole rings is 1. The van der Waals surface area contributed by atoms with Gasteiger partial charge in [0, 0.05) is 57.3 Å². The first-order chi connectivity index (χ1) is 13.1. The number of likely N-dealkylation sites (tertiary alicyclic amines) is 1. The predicted molar refractivity (Wildman–Crippen MR) is 99.4 cm³/mol. The lowest BCUT2D eigenvalue weighted by Crippen LogP contribution is -2.40. The molecule has 140 valence electrons. The third-order valence-electron chi connectivity index (χ3n) is 5.02. The van der Waals surface area contributed by atoms with Crippen molar-refractivity contribution in [3.8, 4) is 0 Å². The van der Waals surface area contributed by atoms with E-state index in [4.69, 9.17) is 4.42 Å². The Kier molecular flexibility index (Phi) is 4.75. The van der Waals surface area contributed by atoms with Crippen molar-refractivity contribution in [1.82, 2.24) is 24.4 Å². The molecule has 3 aromatic heterocycles. The van der Waals surface area contributed by atoms with Crippen LogP contribution in [0, 0.1) is 13.8 Å². The third-order valence-corrected chi connectivity index (χ3v) is 5.02. The highest BCUT2D eigenvalue weighted by atomic mass is 16.4. The largest absolute Gasteiger partial charge is 0.436 e. The summed E-state index contributed by atoms with van der Waals surface area (Å²) in [6, 6.07) is 4.02. The van der Waals surface area contributed by atoms with Gasteiger partial charge in [-0.15, -0.1) is 0 Å². The van der Waals surface area contributed by atoms with E-state index in [0.29, 0.717) is 23.9 Å². The minimum Gasteiger partial charge on any atom is -0.436 e. The second-order valence-electron chi connectivity index (χ2n) is 7.01. The molecule has 1 fully saturated rings. The second kappa shape index (κ2) is 7.34. The zero-order chi connectivity index (χ0) is 18.8. The number of hydrogen-bond donors (Lipinski definition) is 0. The Labute approximate surface area is 158 Å². The molecule has 0 N–H and O–H groups in total. The fourth-order valence-electron chi connectivity index (χ4n) is 3.74. The lowest BCUT2D eigenvalue weighted by molar-refractivity contribution is 0.0669. The molecule has 7 nitrogen and oxygen atoms in total. The molecule has 1 aliphatic rings. The normalized spacial score (nSPS) is 17.3. The Morgan fingerprint density at radius 2 is 2.07 bits per heavy atom. The predicted octanol–water partition coefficient (Wildman–Crippen LogP) is 2.95. The zero-order valence-corrected chi connectivity index (χ0v) is 15.6. The van der Waals surface area contributed by atoms with Crippen LogP contribution in [-0.2, 0) is 6.54 Å². The fraction of sp³-hybridized carbons (Fsp3) is 0.400. The average Bonchev–Trinajstić information content (AvgIpc) is 3.28. The van der Waals surface area contributed by atoms with Crippen LogP contribution in [0.4, 0.5) is 0 Å². The van der Waals surface area contributed by atoms with Gasteiger partial charge in [-0.1, -0.05) is 0 Å². The number of carbonyl (C=O) groups excluding carboxylic acids is 1. The number of aryl methyl sites for hydroxylation is 2. The van der Waals surface area contributed by atoms with Crippen LogP contribution in [0.15, 0.2) is 41.3 Å². The molecule has 0 bridgehead atoms. The smallest absolute Gasteiger partial charge is 0.291 e. The van der Waals surface area contributed by atoms with Crippen molar-refractivity contribution in [3.63, 3.8) is 0 Å². The van der Waals surface area contributed by atoms with Gasteiger partial charge in [-0.25, -0.2) is 9.97 Å². The van der Waals surface area contributed by atoms with E-state index in [2.05, 4.69) is 19.5 Å². The molecular weight excluding hydrogens is 342 g/mol. The molecule has 0 aromatic carbocycles. The summed E-state index contributed by atoms with van der Waals surface area (Å²) in [7, 11) is 0. The number of hydrogen-bond acceptors (Lipinski definition) is 5. The molecule has 3 aromatic rings. The van der Waals surface area contributed by atoms with E-state index in [1.54, 1.807) is 19.3 Å². The summed E-state index contributed by atoms with van der Waals surface area (Å²) in [6.07, 6.45) is 9.40. The lowest BCUT2D eigenvalue weighted by atomic mass is 9.96. The number of pyridine rings is 1. The van der Waals surface area contributed by atoms with Crippen molar-refractivity contribution in [3.05, 3.63) is 65.7 Å². The van der Waals surface area contributed by atoms with E-state index in [-0.39, 0.29) is 11.8 Å². The number of amides is 1. The molecule has 1 atom stereocenters. The number of nitrogens with zero attached hydrogens (tertiary/aromatic N) is 5. The molecule has 1 aliphatic heterocycles. The van der Waals surface area contributed by atoms with Crippen LogP contribution in [-0.4, -0.2) is 43.4 Å². The van der Waals surface area contributed by atoms with Crippen LogP contribution < -0.4 is 0 Å². The highest BCUT2D eigenvalue weighted by molar-refractivity contribution is 5.92. The summed E-state index contributed by atoms with van der Waals surface area (Å²) < 4.78 is 7.69. The van der Waals surface area contributed by atoms with Crippen LogP contribution in [0.2, 0.25) is 0 Å². The number of rotatable bonds is 4. The van der Waals surface area contributed by atoms with Gasteiger partial charge in [0.2, 0.25) is 5.76 Å². The first kappa shape index (κ1) is 17.5. The fourth-order valence-corrected chi connectivity index (χ4v) is 3.74. The topological polar surface area (TPSA) is 77.1 Å². The summed E-state index contributed by atoms with van der Waals surface area (Å²) in [5.74, 6) is 2.04. The van der Waals surface area contributed by atoms with E-state index < -0.39 is 0 Å². The van der Waals surface area contributed by atoms with Crippen LogP contribution >= 0.6 is 0 Å². The molecule has 4 heterocycles. The number of imidazole rings is 1. The molecular formula is C20H23N5O2. The standard InChI is InChI=1S/C20H23N5O2/c1-14-18(27-15(2)23-14)20(26)25-10-3-4-17(13-25)19-22-9-11-24(19)12-16-5-7-21-8-6-16/h5-9,11,17H,3-4,10,12-13H2,1-2H3/t17-/m0/s1. The van der Waals surface area contributed by atoms with E-state index >= 15 is 0 Å². The van der Waals surface area contributed by atoms with Gasteiger partial charge in [0.1, 0.15) is 5.82 Å². The zero-order valence-electron chi connectivity index (χ0n) is 15.6. The Bertz CT molecular complexity index is 931. The van der Waals surface area contributed by atoms with Crippen molar-refractivity contribution in [2.24, 2.45) is 0 Å². The van der Waals surface area contributed by atoms with Crippen LogP contribution in [0.5, 0.6) is 0 Å². The summed E-state index contributed by atoms with van der Waals surface area (Å²) in [5, 5.41) is 0. The van der Waals surface area contributed by atoms with Gasteiger partial charge in [-0.3, -0.25) is 9.78 Å². The Morgan fingerprint density at radius 3 is 2.81 bits per heavy atom.